The molecule has 0 spiro atoms. The number of aliphatic hydroxyl groups excluding tert-OH is 1. The maximum absolute atomic E-state index is 8.65. The summed E-state index contributed by atoms with van der Waals surface area (Å²) in [4.78, 5) is 8.04. The fourth-order valence-corrected chi connectivity index (χ4v) is 1.13. The number of nitrogen functional groups attached to an aromatic ring is 1. The second-order valence-corrected chi connectivity index (χ2v) is 3.22. The minimum absolute atomic E-state index is 0.212. The van der Waals surface area contributed by atoms with Crippen molar-refractivity contribution in [2.75, 3.05) is 17.7 Å². The van der Waals surface area contributed by atoms with Crippen molar-refractivity contribution in [2.45, 2.75) is 25.8 Å². The van der Waals surface area contributed by atoms with Crippen LogP contribution in [-0.4, -0.2) is 27.7 Å². The Bertz CT molecular complexity index is 279. The molecule has 1 aromatic rings. The summed E-state index contributed by atoms with van der Waals surface area (Å²) < 4.78 is 0. The highest BCUT2D eigenvalue weighted by atomic mass is 16.2. The summed E-state index contributed by atoms with van der Waals surface area (Å²) in [6.07, 6.45) is 3.27. The quantitative estimate of drug-likeness (QED) is 0.643. The molecule has 0 aromatic carbocycles. The summed E-state index contributed by atoms with van der Waals surface area (Å²) in [5, 5.41) is 11.8. The molecular formula is C9H16N4O. The summed E-state index contributed by atoms with van der Waals surface area (Å²) in [6.45, 7) is 2.23. The average Bonchev–Trinajstić information content (AvgIpc) is 2.15. The van der Waals surface area contributed by atoms with Gasteiger partial charge in [0.2, 0.25) is 5.95 Å². The van der Waals surface area contributed by atoms with Gasteiger partial charge in [0.05, 0.1) is 0 Å². The molecule has 1 aromatic heterocycles. The van der Waals surface area contributed by atoms with Gasteiger partial charge in [-0.1, -0.05) is 0 Å². The molecule has 78 valence electrons. The van der Waals surface area contributed by atoms with E-state index in [9.17, 15) is 0 Å². The van der Waals surface area contributed by atoms with Crippen LogP contribution in [0.4, 0.5) is 11.8 Å². The Morgan fingerprint density at radius 3 is 3.07 bits per heavy atom. The summed E-state index contributed by atoms with van der Waals surface area (Å²) in [5.41, 5.74) is 5.50. The Labute approximate surface area is 83.4 Å². The van der Waals surface area contributed by atoms with Gasteiger partial charge in [0.15, 0.2) is 0 Å². The van der Waals surface area contributed by atoms with Crippen molar-refractivity contribution in [1.29, 1.82) is 0 Å². The predicted molar refractivity (Wildman–Crippen MR) is 55.8 cm³/mol. The lowest BCUT2D eigenvalue weighted by Gasteiger charge is -2.12. The molecule has 0 aliphatic heterocycles. The molecule has 0 saturated heterocycles. The second kappa shape index (κ2) is 5.39. The Morgan fingerprint density at radius 2 is 2.43 bits per heavy atom. The third-order valence-corrected chi connectivity index (χ3v) is 1.85. The van der Waals surface area contributed by atoms with Crippen LogP contribution in [0.5, 0.6) is 0 Å². The van der Waals surface area contributed by atoms with Crippen LogP contribution in [0.25, 0.3) is 0 Å². The largest absolute Gasteiger partial charge is 0.396 e. The van der Waals surface area contributed by atoms with E-state index in [1.165, 1.54) is 0 Å². The van der Waals surface area contributed by atoms with E-state index >= 15 is 0 Å². The van der Waals surface area contributed by atoms with Gasteiger partial charge in [-0.25, -0.2) is 4.98 Å². The SMILES string of the molecule is CC(CCCO)Nc1nccc(N)n1. The highest BCUT2D eigenvalue weighted by Crippen LogP contribution is 2.05. The van der Waals surface area contributed by atoms with Crippen molar-refractivity contribution < 1.29 is 5.11 Å². The average molecular weight is 196 g/mol. The van der Waals surface area contributed by atoms with Crippen LogP contribution < -0.4 is 11.1 Å². The van der Waals surface area contributed by atoms with E-state index in [0.717, 1.165) is 12.8 Å². The standard InChI is InChI=1S/C9H16N4O/c1-7(3-2-6-14)12-9-11-5-4-8(10)13-9/h4-5,7,14H,2-3,6H2,1H3,(H3,10,11,12,13). The van der Waals surface area contributed by atoms with Crippen LogP contribution >= 0.6 is 0 Å². The van der Waals surface area contributed by atoms with Gasteiger partial charge in [0, 0.05) is 18.8 Å². The molecule has 0 amide bonds. The highest BCUT2D eigenvalue weighted by molar-refractivity contribution is 5.35. The predicted octanol–water partition coefficient (Wildman–Crippen LogP) is 0.632. The minimum Gasteiger partial charge on any atom is -0.396 e. The summed E-state index contributed by atoms with van der Waals surface area (Å²) in [7, 11) is 0. The van der Waals surface area contributed by atoms with Gasteiger partial charge in [-0.2, -0.15) is 4.98 Å². The number of hydrogen-bond acceptors (Lipinski definition) is 5. The molecule has 1 rings (SSSR count). The van der Waals surface area contributed by atoms with Crippen LogP contribution in [0.2, 0.25) is 0 Å². The first kappa shape index (κ1) is 10.7. The molecule has 0 aliphatic rings. The third-order valence-electron chi connectivity index (χ3n) is 1.85. The van der Waals surface area contributed by atoms with E-state index in [2.05, 4.69) is 15.3 Å². The van der Waals surface area contributed by atoms with Gasteiger partial charge in [-0.15, -0.1) is 0 Å². The van der Waals surface area contributed by atoms with Crippen LogP contribution in [-0.2, 0) is 0 Å². The van der Waals surface area contributed by atoms with Gasteiger partial charge in [0.1, 0.15) is 5.82 Å². The van der Waals surface area contributed by atoms with Gasteiger partial charge in [-0.05, 0) is 25.8 Å². The molecule has 1 unspecified atom stereocenters. The molecular weight excluding hydrogens is 180 g/mol. The maximum atomic E-state index is 8.65. The molecule has 0 saturated carbocycles. The molecule has 1 heterocycles. The molecule has 0 radical (unpaired) electrons. The van der Waals surface area contributed by atoms with E-state index in [0.29, 0.717) is 11.8 Å². The zero-order valence-electron chi connectivity index (χ0n) is 8.27. The third kappa shape index (κ3) is 3.57. The number of anilines is 2. The number of nitrogens with zero attached hydrogens (tertiary/aromatic N) is 2. The van der Waals surface area contributed by atoms with Crippen molar-refractivity contribution in [3.8, 4) is 0 Å². The number of nitrogens with one attached hydrogen (secondary N) is 1. The lowest BCUT2D eigenvalue weighted by atomic mass is 10.2. The van der Waals surface area contributed by atoms with Crippen LogP contribution in [0, 0.1) is 0 Å². The normalized spacial score (nSPS) is 12.4. The van der Waals surface area contributed by atoms with E-state index in [1.807, 2.05) is 6.92 Å². The maximum Gasteiger partial charge on any atom is 0.224 e. The van der Waals surface area contributed by atoms with Gasteiger partial charge in [-0.3, -0.25) is 0 Å². The van der Waals surface area contributed by atoms with Crippen LogP contribution in [0.15, 0.2) is 12.3 Å². The van der Waals surface area contributed by atoms with Crippen LogP contribution in [0.3, 0.4) is 0 Å². The van der Waals surface area contributed by atoms with E-state index in [4.69, 9.17) is 10.8 Å². The molecule has 14 heavy (non-hydrogen) atoms. The van der Waals surface area contributed by atoms with Crippen molar-refractivity contribution in [3.05, 3.63) is 12.3 Å². The number of hydrogen-bond donors (Lipinski definition) is 3. The molecule has 5 heteroatoms. The summed E-state index contributed by atoms with van der Waals surface area (Å²) in [6, 6.07) is 1.88. The first-order valence-electron chi connectivity index (χ1n) is 4.68. The Hall–Kier alpha value is -1.36. The fourth-order valence-electron chi connectivity index (χ4n) is 1.13. The number of rotatable bonds is 5. The first-order chi connectivity index (χ1) is 6.72. The monoisotopic (exact) mass is 196 g/mol. The molecule has 1 atom stereocenters. The smallest absolute Gasteiger partial charge is 0.224 e. The molecule has 0 bridgehead atoms. The molecule has 0 fully saturated rings. The van der Waals surface area contributed by atoms with E-state index < -0.39 is 0 Å². The minimum atomic E-state index is 0.212. The molecule has 0 aliphatic carbocycles. The fraction of sp³-hybridized carbons (Fsp3) is 0.556. The van der Waals surface area contributed by atoms with Crippen molar-refractivity contribution >= 4 is 11.8 Å². The number of nitrogens with two attached hydrogens (primary N) is 1. The van der Waals surface area contributed by atoms with Crippen molar-refractivity contribution in [1.82, 2.24) is 9.97 Å². The summed E-state index contributed by atoms with van der Waals surface area (Å²) in [5.74, 6) is 0.993. The van der Waals surface area contributed by atoms with Crippen molar-refractivity contribution in [2.24, 2.45) is 0 Å². The van der Waals surface area contributed by atoms with Crippen LogP contribution in [0.1, 0.15) is 19.8 Å². The van der Waals surface area contributed by atoms with Gasteiger partial charge in [0.25, 0.3) is 0 Å². The lowest BCUT2D eigenvalue weighted by molar-refractivity contribution is 0.282. The molecule has 4 N–H and O–H groups in total. The topological polar surface area (TPSA) is 84.1 Å². The summed E-state index contributed by atoms with van der Waals surface area (Å²) >= 11 is 0. The Balaban J connectivity index is 2.43. The zero-order chi connectivity index (χ0) is 10.4. The Morgan fingerprint density at radius 1 is 1.64 bits per heavy atom. The van der Waals surface area contributed by atoms with Gasteiger partial charge < -0.3 is 16.2 Å². The van der Waals surface area contributed by atoms with E-state index in [-0.39, 0.29) is 12.6 Å². The number of aliphatic hydroxyl groups is 1. The van der Waals surface area contributed by atoms with Gasteiger partial charge >= 0.3 is 0 Å². The number of aromatic nitrogens is 2. The first-order valence-corrected chi connectivity index (χ1v) is 4.68. The lowest BCUT2D eigenvalue weighted by Crippen LogP contribution is -2.17. The van der Waals surface area contributed by atoms with E-state index in [1.54, 1.807) is 12.3 Å². The zero-order valence-corrected chi connectivity index (χ0v) is 8.27. The highest BCUT2D eigenvalue weighted by Gasteiger charge is 2.03. The second-order valence-electron chi connectivity index (χ2n) is 3.22. The van der Waals surface area contributed by atoms with Crippen molar-refractivity contribution in [3.63, 3.8) is 0 Å². The molecule has 5 nitrogen and oxygen atoms in total. The Kier molecular flexibility index (Phi) is 4.12.